The maximum atomic E-state index is 10.6. The van der Waals surface area contributed by atoms with Gasteiger partial charge < -0.3 is 9.47 Å². The summed E-state index contributed by atoms with van der Waals surface area (Å²) < 4.78 is 10.8. The predicted octanol–water partition coefficient (Wildman–Crippen LogP) is 1.30. The zero-order valence-electron chi connectivity index (χ0n) is 9.75. The number of benzene rings is 1. The van der Waals surface area contributed by atoms with E-state index < -0.39 is 4.92 Å². The van der Waals surface area contributed by atoms with Gasteiger partial charge in [0.1, 0.15) is 6.10 Å². The first-order valence-corrected chi connectivity index (χ1v) is 5.28. The van der Waals surface area contributed by atoms with Crippen molar-refractivity contribution in [2.45, 2.75) is 6.10 Å². The van der Waals surface area contributed by atoms with Crippen LogP contribution in [0.15, 0.2) is 18.2 Å². The molecule has 1 aliphatic rings. The predicted molar refractivity (Wildman–Crippen MR) is 61.6 cm³/mol. The average molecular weight is 238 g/mol. The molecule has 1 aromatic carbocycles. The number of rotatable bonds is 4. The summed E-state index contributed by atoms with van der Waals surface area (Å²) in [7, 11) is 3.48. The van der Waals surface area contributed by atoms with E-state index in [0.717, 1.165) is 13.1 Å². The van der Waals surface area contributed by atoms with E-state index in [0.29, 0.717) is 11.5 Å². The molecule has 0 atom stereocenters. The fourth-order valence-electron chi connectivity index (χ4n) is 1.76. The van der Waals surface area contributed by atoms with Crippen LogP contribution in [0.3, 0.4) is 0 Å². The van der Waals surface area contributed by atoms with Crippen molar-refractivity contribution in [3.05, 3.63) is 28.3 Å². The molecule has 1 fully saturated rings. The van der Waals surface area contributed by atoms with Crippen LogP contribution in [-0.2, 0) is 0 Å². The van der Waals surface area contributed by atoms with Crippen LogP contribution >= 0.6 is 0 Å². The van der Waals surface area contributed by atoms with Crippen LogP contribution in [0.4, 0.5) is 5.69 Å². The molecule has 1 aliphatic heterocycles. The summed E-state index contributed by atoms with van der Waals surface area (Å²) in [6.45, 7) is 1.72. The third-order valence-corrected chi connectivity index (χ3v) is 2.68. The summed E-state index contributed by atoms with van der Waals surface area (Å²) in [6, 6.07) is 4.37. The van der Waals surface area contributed by atoms with Gasteiger partial charge in [0.05, 0.1) is 18.1 Å². The molecule has 0 N–H and O–H groups in total. The Morgan fingerprint density at radius 3 is 2.65 bits per heavy atom. The Morgan fingerprint density at radius 1 is 1.41 bits per heavy atom. The van der Waals surface area contributed by atoms with Gasteiger partial charge >= 0.3 is 0 Å². The van der Waals surface area contributed by atoms with Crippen molar-refractivity contribution in [3.8, 4) is 11.5 Å². The SMILES string of the molecule is COc1cc([N+](=O)[O-])ccc1OC1CN(C)C1. The van der Waals surface area contributed by atoms with E-state index in [1.807, 2.05) is 7.05 Å². The monoisotopic (exact) mass is 238 g/mol. The molecule has 0 bridgehead atoms. The maximum Gasteiger partial charge on any atom is 0.273 e. The zero-order chi connectivity index (χ0) is 12.4. The third kappa shape index (κ3) is 2.47. The van der Waals surface area contributed by atoms with Crippen LogP contribution in [0.1, 0.15) is 0 Å². The number of methoxy groups -OCH3 is 1. The quantitative estimate of drug-likeness (QED) is 0.584. The summed E-state index contributed by atoms with van der Waals surface area (Å²) in [6.07, 6.45) is 0.135. The number of nitro groups is 1. The summed E-state index contributed by atoms with van der Waals surface area (Å²) in [4.78, 5) is 12.3. The first-order valence-electron chi connectivity index (χ1n) is 5.28. The lowest BCUT2D eigenvalue weighted by Crippen LogP contribution is -2.51. The fraction of sp³-hybridized carbons (Fsp3) is 0.455. The Hall–Kier alpha value is -1.82. The average Bonchev–Trinajstić information content (AvgIpc) is 2.27. The van der Waals surface area contributed by atoms with Crippen molar-refractivity contribution in [3.63, 3.8) is 0 Å². The molecule has 0 spiro atoms. The fourth-order valence-corrected chi connectivity index (χ4v) is 1.76. The Labute approximate surface area is 98.9 Å². The molecular weight excluding hydrogens is 224 g/mol. The van der Waals surface area contributed by atoms with Crippen molar-refractivity contribution in [1.82, 2.24) is 4.90 Å². The minimum absolute atomic E-state index is 0.0000671. The second kappa shape index (κ2) is 4.58. The number of likely N-dealkylation sites (tertiary alicyclic amines) is 1. The first kappa shape index (κ1) is 11.7. The Balaban J connectivity index is 2.13. The minimum atomic E-state index is -0.455. The van der Waals surface area contributed by atoms with E-state index >= 15 is 0 Å². The number of likely N-dealkylation sites (N-methyl/N-ethyl adjacent to an activating group) is 1. The third-order valence-electron chi connectivity index (χ3n) is 2.68. The second-order valence-corrected chi connectivity index (χ2v) is 4.05. The van der Waals surface area contributed by atoms with Crippen LogP contribution in [-0.4, -0.2) is 43.2 Å². The number of hydrogen-bond acceptors (Lipinski definition) is 5. The highest BCUT2D eigenvalue weighted by Gasteiger charge is 2.26. The molecule has 6 nitrogen and oxygen atoms in total. The lowest BCUT2D eigenvalue weighted by Gasteiger charge is -2.36. The molecule has 1 saturated heterocycles. The van der Waals surface area contributed by atoms with Crippen LogP contribution < -0.4 is 9.47 Å². The van der Waals surface area contributed by atoms with Gasteiger partial charge in [-0.3, -0.25) is 15.0 Å². The van der Waals surface area contributed by atoms with Gasteiger partial charge in [-0.1, -0.05) is 0 Å². The molecule has 1 aromatic rings. The molecule has 92 valence electrons. The number of non-ortho nitro benzene ring substituents is 1. The Morgan fingerprint density at radius 2 is 2.12 bits per heavy atom. The standard InChI is InChI=1S/C11H14N2O4/c1-12-6-9(7-12)17-10-4-3-8(13(14)15)5-11(10)16-2/h3-5,9H,6-7H2,1-2H3. The lowest BCUT2D eigenvalue weighted by atomic mass is 10.2. The Kier molecular flexibility index (Phi) is 3.14. The molecule has 0 aromatic heterocycles. The minimum Gasteiger partial charge on any atom is -0.493 e. The highest BCUT2D eigenvalue weighted by atomic mass is 16.6. The van der Waals surface area contributed by atoms with Gasteiger partial charge in [0.15, 0.2) is 11.5 Å². The molecule has 2 rings (SSSR count). The van der Waals surface area contributed by atoms with Crippen molar-refractivity contribution in [2.24, 2.45) is 0 Å². The second-order valence-electron chi connectivity index (χ2n) is 4.05. The normalized spacial score (nSPS) is 16.4. The number of ether oxygens (including phenoxy) is 2. The summed E-state index contributed by atoms with van der Waals surface area (Å²) in [5, 5.41) is 10.6. The summed E-state index contributed by atoms with van der Waals surface area (Å²) in [5.74, 6) is 0.949. The molecule has 0 aliphatic carbocycles. The largest absolute Gasteiger partial charge is 0.493 e. The molecule has 1 heterocycles. The first-order chi connectivity index (χ1) is 8.10. The van der Waals surface area contributed by atoms with Crippen molar-refractivity contribution < 1.29 is 14.4 Å². The van der Waals surface area contributed by atoms with Crippen molar-refractivity contribution >= 4 is 5.69 Å². The van der Waals surface area contributed by atoms with E-state index in [1.165, 1.54) is 19.2 Å². The number of nitro benzene ring substituents is 1. The van der Waals surface area contributed by atoms with Gasteiger partial charge in [-0.05, 0) is 13.1 Å². The van der Waals surface area contributed by atoms with Crippen LogP contribution in [0.25, 0.3) is 0 Å². The zero-order valence-corrected chi connectivity index (χ0v) is 9.75. The van der Waals surface area contributed by atoms with Gasteiger partial charge in [-0.2, -0.15) is 0 Å². The van der Waals surface area contributed by atoms with E-state index in [1.54, 1.807) is 6.07 Å². The van der Waals surface area contributed by atoms with Crippen LogP contribution in [0.5, 0.6) is 11.5 Å². The van der Waals surface area contributed by atoms with Gasteiger partial charge in [0.2, 0.25) is 0 Å². The molecule has 0 amide bonds. The smallest absolute Gasteiger partial charge is 0.273 e. The van der Waals surface area contributed by atoms with E-state index in [4.69, 9.17) is 9.47 Å². The van der Waals surface area contributed by atoms with Crippen molar-refractivity contribution in [2.75, 3.05) is 27.2 Å². The molecule has 0 unspecified atom stereocenters. The van der Waals surface area contributed by atoms with E-state index in [-0.39, 0.29) is 11.8 Å². The molecule has 17 heavy (non-hydrogen) atoms. The topological polar surface area (TPSA) is 64.8 Å². The Bertz CT molecular complexity index is 429. The van der Waals surface area contributed by atoms with E-state index in [2.05, 4.69) is 4.90 Å². The van der Waals surface area contributed by atoms with Crippen LogP contribution in [0.2, 0.25) is 0 Å². The molecule has 0 radical (unpaired) electrons. The van der Waals surface area contributed by atoms with Crippen LogP contribution in [0, 0.1) is 10.1 Å². The summed E-state index contributed by atoms with van der Waals surface area (Å²) in [5.41, 5.74) is -0.0000671. The van der Waals surface area contributed by atoms with E-state index in [9.17, 15) is 10.1 Å². The highest BCUT2D eigenvalue weighted by Crippen LogP contribution is 2.32. The highest BCUT2D eigenvalue weighted by molar-refractivity contribution is 5.48. The lowest BCUT2D eigenvalue weighted by molar-refractivity contribution is -0.385. The van der Waals surface area contributed by atoms with Gasteiger partial charge in [-0.15, -0.1) is 0 Å². The molecule has 0 saturated carbocycles. The maximum absolute atomic E-state index is 10.6. The number of hydrogen-bond donors (Lipinski definition) is 0. The van der Waals surface area contributed by atoms with Gasteiger partial charge in [-0.25, -0.2) is 0 Å². The number of nitrogens with zero attached hydrogens (tertiary/aromatic N) is 2. The van der Waals surface area contributed by atoms with Gasteiger partial charge in [0, 0.05) is 19.2 Å². The molecular formula is C11H14N2O4. The summed E-state index contributed by atoms with van der Waals surface area (Å²) >= 11 is 0. The van der Waals surface area contributed by atoms with Gasteiger partial charge in [0.25, 0.3) is 5.69 Å². The van der Waals surface area contributed by atoms with Crippen molar-refractivity contribution in [1.29, 1.82) is 0 Å². The molecule has 6 heteroatoms.